The zero-order chi connectivity index (χ0) is 28.1. The number of likely N-dealkylation sites (N-methyl/N-ethyl adjacent to an activating group) is 1. The number of methoxy groups -OCH3 is 1. The topological polar surface area (TPSA) is 123 Å². The number of urea groups is 1. The summed E-state index contributed by atoms with van der Waals surface area (Å²) in [7, 11) is 3.19. The second-order valence-electron chi connectivity index (χ2n) is 9.56. The first kappa shape index (κ1) is 27.8. The van der Waals surface area contributed by atoms with Crippen LogP contribution < -0.4 is 10.1 Å². The van der Waals surface area contributed by atoms with E-state index in [1.165, 1.54) is 27.1 Å². The third-order valence-corrected chi connectivity index (χ3v) is 6.97. The molecule has 2 fully saturated rings. The van der Waals surface area contributed by atoms with Gasteiger partial charge >= 0.3 is 12.0 Å². The van der Waals surface area contributed by atoms with Crippen molar-refractivity contribution in [1.82, 2.24) is 25.1 Å². The van der Waals surface area contributed by atoms with Crippen LogP contribution >= 0.6 is 0 Å². The molecule has 12 heteroatoms. The van der Waals surface area contributed by atoms with Crippen LogP contribution in [0.2, 0.25) is 0 Å². The minimum Gasteiger partial charge on any atom is -0.497 e. The minimum atomic E-state index is -1.08. The summed E-state index contributed by atoms with van der Waals surface area (Å²) < 4.78 is 18.5. The molecule has 208 valence electrons. The maximum Gasteiger partial charge on any atom is 0.334 e. The highest BCUT2D eigenvalue weighted by Crippen LogP contribution is 2.28. The highest BCUT2D eigenvalue weighted by atomic mass is 19.1. The van der Waals surface area contributed by atoms with Gasteiger partial charge in [0.05, 0.1) is 20.2 Å². The minimum absolute atomic E-state index is 0.0512. The molecule has 2 aliphatic rings. The van der Waals surface area contributed by atoms with Crippen molar-refractivity contribution in [2.24, 2.45) is 0 Å². The number of carboxylic acids is 1. The van der Waals surface area contributed by atoms with E-state index in [-0.39, 0.29) is 56.7 Å². The molecule has 0 aliphatic carbocycles. The number of benzene rings is 2. The number of carboxylic acid groups (broad SMARTS) is 1. The zero-order valence-corrected chi connectivity index (χ0v) is 21.9. The fourth-order valence-corrected chi connectivity index (χ4v) is 4.96. The lowest BCUT2D eigenvalue weighted by molar-refractivity contribution is -0.187. The second-order valence-corrected chi connectivity index (χ2v) is 9.56. The molecule has 4 rings (SSSR count). The Kier molecular flexibility index (Phi) is 8.65. The van der Waals surface area contributed by atoms with E-state index in [0.717, 1.165) is 11.1 Å². The van der Waals surface area contributed by atoms with Crippen LogP contribution in [0.4, 0.5) is 9.18 Å². The Hall–Kier alpha value is -4.19. The van der Waals surface area contributed by atoms with Crippen LogP contribution in [0, 0.1) is 5.82 Å². The molecule has 2 aromatic carbocycles. The summed E-state index contributed by atoms with van der Waals surface area (Å²) in [6.07, 6.45) is -0.776. The number of hydrogen-bond acceptors (Lipinski definition) is 6. The Balaban J connectivity index is 1.55. The van der Waals surface area contributed by atoms with Gasteiger partial charge < -0.3 is 25.0 Å². The number of halogens is 1. The lowest BCUT2D eigenvalue weighted by Crippen LogP contribution is -2.76. The van der Waals surface area contributed by atoms with Gasteiger partial charge in [-0.05, 0) is 48.2 Å². The van der Waals surface area contributed by atoms with Gasteiger partial charge in [-0.1, -0.05) is 24.3 Å². The number of rotatable bonds is 9. The molecule has 39 heavy (non-hydrogen) atoms. The molecule has 4 amide bonds. The predicted octanol–water partition coefficient (Wildman–Crippen LogP) is 1.68. The molecule has 1 unspecified atom stereocenters. The van der Waals surface area contributed by atoms with E-state index in [2.05, 4.69) is 5.32 Å². The molecular weight excluding hydrogens is 509 g/mol. The smallest absolute Gasteiger partial charge is 0.334 e. The fourth-order valence-electron chi connectivity index (χ4n) is 4.96. The average Bonchev–Trinajstić information content (AvgIpc) is 2.91. The van der Waals surface area contributed by atoms with Crippen molar-refractivity contribution in [2.45, 2.75) is 38.0 Å². The largest absolute Gasteiger partial charge is 0.497 e. The summed E-state index contributed by atoms with van der Waals surface area (Å²) in [6.45, 7) is 0.398. The van der Waals surface area contributed by atoms with Crippen molar-refractivity contribution < 1.29 is 33.4 Å². The number of nitrogens with zero attached hydrogens (tertiary/aromatic N) is 4. The highest BCUT2D eigenvalue weighted by molar-refractivity contribution is 5.91. The van der Waals surface area contributed by atoms with Crippen molar-refractivity contribution in [3.8, 4) is 5.75 Å². The normalized spacial score (nSPS) is 19.6. The molecule has 11 nitrogen and oxygen atoms in total. The quantitative estimate of drug-likeness (QED) is 0.495. The van der Waals surface area contributed by atoms with E-state index < -0.39 is 24.2 Å². The number of aliphatic carboxylic acids is 1. The Morgan fingerprint density at radius 1 is 1.08 bits per heavy atom. The van der Waals surface area contributed by atoms with Gasteiger partial charge in [-0.2, -0.15) is 0 Å². The van der Waals surface area contributed by atoms with Crippen molar-refractivity contribution in [2.75, 3.05) is 33.8 Å². The third kappa shape index (κ3) is 6.45. The van der Waals surface area contributed by atoms with Crippen molar-refractivity contribution in [3.63, 3.8) is 0 Å². The summed E-state index contributed by atoms with van der Waals surface area (Å²) in [5.41, 5.74) is 1.66. The van der Waals surface area contributed by atoms with E-state index in [0.29, 0.717) is 12.2 Å². The number of carbonyl (C=O) groups is 4. The first-order chi connectivity index (χ1) is 18.7. The van der Waals surface area contributed by atoms with Crippen LogP contribution in [0.1, 0.15) is 24.0 Å². The summed E-state index contributed by atoms with van der Waals surface area (Å²) in [5, 5.41) is 15.1. The summed E-state index contributed by atoms with van der Waals surface area (Å²) in [6, 6.07) is 11.7. The number of ether oxygens (including phenoxy) is 1. The molecule has 0 saturated carbocycles. The molecule has 0 spiro atoms. The Bertz CT molecular complexity index is 1210. The molecule has 2 heterocycles. The Morgan fingerprint density at radius 3 is 2.38 bits per heavy atom. The van der Waals surface area contributed by atoms with Crippen LogP contribution in [0.25, 0.3) is 0 Å². The molecule has 0 radical (unpaired) electrons. The van der Waals surface area contributed by atoms with Crippen molar-refractivity contribution in [3.05, 3.63) is 65.5 Å². The third-order valence-electron chi connectivity index (χ3n) is 6.97. The average molecular weight is 542 g/mol. The number of carbonyl (C=O) groups excluding carboxylic acids is 3. The van der Waals surface area contributed by atoms with E-state index in [1.54, 1.807) is 43.3 Å². The molecule has 0 bridgehead atoms. The van der Waals surface area contributed by atoms with Crippen molar-refractivity contribution >= 4 is 23.8 Å². The van der Waals surface area contributed by atoms with Crippen LogP contribution in [-0.4, -0.2) is 94.7 Å². The number of hydrogen-bond donors (Lipinski definition) is 2. The van der Waals surface area contributed by atoms with Gasteiger partial charge in [-0.25, -0.2) is 19.2 Å². The fraction of sp³-hybridized carbons (Fsp3) is 0.407. The zero-order valence-electron chi connectivity index (χ0n) is 21.9. The molecular formula is C27H32FN5O6. The van der Waals surface area contributed by atoms with Crippen LogP contribution in [0.5, 0.6) is 5.75 Å². The SMILES string of the molecule is COc1ccc(CNC(=O)N2[C@H]3CN(CCc4ccc(F)cc4)C(=O)C(CCC(=O)O)N3C(=O)CN2C)cc1. The standard InChI is InChI=1S/C27H32FN5O6/c1-30-17-24(34)32-22(11-12-25(35)36)26(37)31(14-13-18-3-7-20(28)8-4-18)16-23(32)33(30)27(38)29-15-19-5-9-21(39-2)10-6-19/h3-10,22-23H,11-17H2,1-2H3,(H,29,38)(H,35,36)/t22?,23-/m0/s1. The summed E-state index contributed by atoms with van der Waals surface area (Å²) >= 11 is 0. The van der Waals surface area contributed by atoms with Gasteiger partial charge in [-0.3, -0.25) is 14.4 Å². The van der Waals surface area contributed by atoms with E-state index in [4.69, 9.17) is 4.74 Å². The van der Waals surface area contributed by atoms with E-state index in [9.17, 15) is 28.7 Å². The van der Waals surface area contributed by atoms with Gasteiger partial charge in [0.1, 0.15) is 23.8 Å². The van der Waals surface area contributed by atoms with Crippen LogP contribution in [-0.2, 0) is 27.3 Å². The number of fused-ring (bicyclic) bond motifs is 1. The Morgan fingerprint density at radius 2 is 1.74 bits per heavy atom. The van der Waals surface area contributed by atoms with Crippen molar-refractivity contribution in [1.29, 1.82) is 0 Å². The van der Waals surface area contributed by atoms with Crippen LogP contribution in [0.15, 0.2) is 48.5 Å². The number of piperazine rings is 1. The van der Waals surface area contributed by atoms with Gasteiger partial charge in [0.15, 0.2) is 0 Å². The van der Waals surface area contributed by atoms with Gasteiger partial charge in [0.2, 0.25) is 11.8 Å². The summed E-state index contributed by atoms with van der Waals surface area (Å²) in [5.74, 6) is -1.49. The maximum absolute atomic E-state index is 13.5. The first-order valence-electron chi connectivity index (χ1n) is 12.6. The van der Waals surface area contributed by atoms with Gasteiger partial charge in [0, 0.05) is 26.6 Å². The molecule has 2 N–H and O–H groups in total. The molecule has 2 aromatic rings. The lowest BCUT2D eigenvalue weighted by Gasteiger charge is -2.54. The number of hydrazine groups is 1. The molecule has 2 aliphatic heterocycles. The maximum atomic E-state index is 13.5. The Labute approximate surface area is 225 Å². The molecule has 2 atom stereocenters. The van der Waals surface area contributed by atoms with E-state index >= 15 is 0 Å². The summed E-state index contributed by atoms with van der Waals surface area (Å²) in [4.78, 5) is 54.3. The second kappa shape index (κ2) is 12.1. The molecule has 2 saturated heterocycles. The number of nitrogens with one attached hydrogen (secondary N) is 1. The number of amides is 4. The van der Waals surface area contributed by atoms with Crippen LogP contribution in [0.3, 0.4) is 0 Å². The highest BCUT2D eigenvalue weighted by Gasteiger charge is 2.50. The first-order valence-corrected chi connectivity index (χ1v) is 12.6. The monoisotopic (exact) mass is 541 g/mol. The van der Waals surface area contributed by atoms with Gasteiger partial charge in [0.25, 0.3) is 0 Å². The predicted molar refractivity (Wildman–Crippen MR) is 138 cm³/mol. The van der Waals surface area contributed by atoms with Gasteiger partial charge in [-0.15, -0.1) is 0 Å². The lowest BCUT2D eigenvalue weighted by atomic mass is 10.0. The molecule has 0 aromatic heterocycles. The van der Waals surface area contributed by atoms with E-state index in [1.807, 2.05) is 12.1 Å².